The van der Waals surface area contributed by atoms with Crippen LogP contribution in [-0.2, 0) is 25.8 Å². The van der Waals surface area contributed by atoms with Crippen molar-refractivity contribution < 1.29 is 36.3 Å². The van der Waals surface area contributed by atoms with Gasteiger partial charge in [-0.2, -0.15) is 13.2 Å². The maximum Gasteiger partial charge on any atom is 0.490 e. The van der Waals surface area contributed by atoms with Gasteiger partial charge in [-0.3, -0.25) is 4.79 Å². The zero-order chi connectivity index (χ0) is 24.2. The van der Waals surface area contributed by atoms with E-state index >= 15 is 0 Å². The van der Waals surface area contributed by atoms with Crippen molar-refractivity contribution in [2.24, 2.45) is 11.8 Å². The van der Waals surface area contributed by atoms with E-state index in [0.717, 1.165) is 45.4 Å². The molecule has 0 aromatic heterocycles. The van der Waals surface area contributed by atoms with Gasteiger partial charge in [0.15, 0.2) is 9.84 Å². The third-order valence-electron chi connectivity index (χ3n) is 6.61. The summed E-state index contributed by atoms with van der Waals surface area (Å²) < 4.78 is 57.0. The molecule has 11 heteroatoms. The summed E-state index contributed by atoms with van der Waals surface area (Å²) in [7, 11) is -3.08. The number of benzene rings is 1. The van der Waals surface area contributed by atoms with Gasteiger partial charge in [0, 0.05) is 44.6 Å². The minimum absolute atomic E-state index is 0.0300. The molecule has 0 saturated carbocycles. The van der Waals surface area contributed by atoms with E-state index in [4.69, 9.17) is 9.90 Å². The molecule has 0 aliphatic carbocycles. The van der Waals surface area contributed by atoms with Gasteiger partial charge in [-0.15, -0.1) is 0 Å². The Bertz CT molecular complexity index is 933. The number of aliphatic carboxylic acids is 1. The van der Waals surface area contributed by atoms with Crippen LogP contribution in [-0.4, -0.2) is 85.1 Å². The van der Waals surface area contributed by atoms with Crippen molar-refractivity contribution in [3.63, 3.8) is 0 Å². The fourth-order valence-corrected chi connectivity index (χ4v) is 7.03. The molecular weight excluding hydrogens is 461 g/mol. The predicted octanol–water partition coefficient (Wildman–Crippen LogP) is 2.22. The van der Waals surface area contributed by atoms with Gasteiger partial charge in [0.05, 0.1) is 11.0 Å². The molecule has 184 valence electrons. The molecule has 3 aliphatic rings. The molecule has 1 aromatic carbocycles. The van der Waals surface area contributed by atoms with Crippen molar-refractivity contribution in [3.05, 3.63) is 35.9 Å². The lowest BCUT2D eigenvalue weighted by Crippen LogP contribution is -2.47. The number of hydrogen-bond acceptors (Lipinski definition) is 5. The largest absolute Gasteiger partial charge is 0.490 e. The summed E-state index contributed by atoms with van der Waals surface area (Å²) in [6, 6.07) is 10.3. The molecule has 3 aliphatic heterocycles. The van der Waals surface area contributed by atoms with Gasteiger partial charge in [0.2, 0.25) is 5.91 Å². The standard InChI is InChI=1S/C20H28N2O3S.C2HF3O2/c23-20(22-10-4-5-11-22)17-9-13-26(24,25)19-15-21(14-18(17)19)12-8-16-6-2-1-3-7-16;3-2(4,5)1(6)7/h1-3,6-7,17-19H,4-5,8-15H2;(H,6,7)/t17-,18+,19+;/m0./s1. The number of carbonyl (C=O) groups excluding carboxylic acids is 1. The number of alkyl halides is 3. The highest BCUT2D eigenvalue weighted by atomic mass is 32.2. The predicted molar refractivity (Wildman–Crippen MR) is 115 cm³/mol. The van der Waals surface area contributed by atoms with E-state index in [9.17, 15) is 26.4 Å². The first-order chi connectivity index (χ1) is 15.5. The number of carboxylic acids is 1. The number of carbonyl (C=O) groups is 2. The van der Waals surface area contributed by atoms with Crippen molar-refractivity contribution in [2.75, 3.05) is 38.5 Å². The molecule has 0 radical (unpaired) electrons. The minimum Gasteiger partial charge on any atom is -0.475 e. The Morgan fingerprint density at radius 3 is 2.24 bits per heavy atom. The topological polar surface area (TPSA) is 95.0 Å². The lowest BCUT2D eigenvalue weighted by Gasteiger charge is -2.34. The Labute approximate surface area is 191 Å². The third kappa shape index (κ3) is 6.47. The Morgan fingerprint density at radius 1 is 1.06 bits per heavy atom. The smallest absolute Gasteiger partial charge is 0.475 e. The van der Waals surface area contributed by atoms with Crippen molar-refractivity contribution >= 4 is 21.7 Å². The number of amides is 1. The van der Waals surface area contributed by atoms with Crippen LogP contribution >= 0.6 is 0 Å². The molecular formula is C22H29F3N2O5S. The maximum atomic E-state index is 13.0. The van der Waals surface area contributed by atoms with Crippen molar-refractivity contribution in [2.45, 2.75) is 37.1 Å². The number of likely N-dealkylation sites (tertiary alicyclic amines) is 2. The average Bonchev–Trinajstić information content (AvgIpc) is 3.43. The molecule has 7 nitrogen and oxygen atoms in total. The van der Waals surface area contributed by atoms with Gasteiger partial charge in [0.25, 0.3) is 0 Å². The summed E-state index contributed by atoms with van der Waals surface area (Å²) in [5, 5.41) is 6.77. The summed E-state index contributed by atoms with van der Waals surface area (Å²) in [6.45, 7) is 3.87. The molecule has 1 N–H and O–H groups in total. The fraction of sp³-hybridized carbons (Fsp3) is 0.636. The Kier molecular flexibility index (Phi) is 8.04. The number of carboxylic acid groups (broad SMARTS) is 1. The van der Waals surface area contributed by atoms with Gasteiger partial charge in [-0.25, -0.2) is 13.2 Å². The molecule has 3 saturated heterocycles. The van der Waals surface area contributed by atoms with Gasteiger partial charge in [0.1, 0.15) is 0 Å². The Hall–Kier alpha value is -2.14. The first-order valence-corrected chi connectivity index (χ1v) is 12.8. The minimum atomic E-state index is -5.08. The Morgan fingerprint density at radius 2 is 1.67 bits per heavy atom. The van der Waals surface area contributed by atoms with Crippen LogP contribution in [0.4, 0.5) is 13.2 Å². The van der Waals surface area contributed by atoms with E-state index < -0.39 is 22.0 Å². The summed E-state index contributed by atoms with van der Waals surface area (Å²) in [6.07, 6.45) is -1.50. The molecule has 3 atom stereocenters. The van der Waals surface area contributed by atoms with Gasteiger partial charge in [-0.05, 0) is 31.2 Å². The molecule has 4 rings (SSSR count). The summed E-state index contributed by atoms with van der Waals surface area (Å²) in [5.74, 6) is -2.52. The molecule has 0 spiro atoms. The zero-order valence-electron chi connectivity index (χ0n) is 18.2. The average molecular weight is 491 g/mol. The van der Waals surface area contributed by atoms with Crippen LogP contribution in [0.1, 0.15) is 24.8 Å². The van der Waals surface area contributed by atoms with E-state index in [0.29, 0.717) is 13.0 Å². The first kappa shape index (κ1) is 25.5. The van der Waals surface area contributed by atoms with E-state index in [-0.39, 0.29) is 28.7 Å². The fourth-order valence-electron chi connectivity index (χ4n) is 4.90. The monoisotopic (exact) mass is 490 g/mol. The van der Waals surface area contributed by atoms with Crippen molar-refractivity contribution in [1.82, 2.24) is 9.80 Å². The summed E-state index contributed by atoms with van der Waals surface area (Å²) in [5.41, 5.74) is 1.27. The second kappa shape index (κ2) is 10.4. The number of sulfone groups is 1. The SMILES string of the molecule is O=C(O)C(F)(F)F.O=C([C@H]1CCS(=O)(=O)[C@@H]2CN(CCc3ccccc3)C[C@H]12)N1CCCC1. The van der Waals surface area contributed by atoms with Gasteiger partial charge in [-0.1, -0.05) is 30.3 Å². The highest BCUT2D eigenvalue weighted by Crippen LogP contribution is 2.38. The van der Waals surface area contributed by atoms with E-state index in [1.807, 2.05) is 23.1 Å². The van der Waals surface area contributed by atoms with Crippen LogP contribution < -0.4 is 0 Å². The zero-order valence-corrected chi connectivity index (χ0v) is 19.0. The summed E-state index contributed by atoms with van der Waals surface area (Å²) in [4.78, 5) is 26.1. The van der Waals surface area contributed by atoms with E-state index in [1.165, 1.54) is 5.56 Å². The van der Waals surface area contributed by atoms with Crippen LogP contribution in [0.3, 0.4) is 0 Å². The lowest BCUT2D eigenvalue weighted by atomic mass is 9.87. The summed E-state index contributed by atoms with van der Waals surface area (Å²) >= 11 is 0. The van der Waals surface area contributed by atoms with E-state index in [1.54, 1.807) is 0 Å². The molecule has 1 aromatic rings. The van der Waals surface area contributed by atoms with Crippen molar-refractivity contribution in [3.8, 4) is 0 Å². The van der Waals surface area contributed by atoms with Crippen LogP contribution in [0.25, 0.3) is 0 Å². The Balaban J connectivity index is 0.000000383. The first-order valence-electron chi connectivity index (χ1n) is 11.1. The van der Waals surface area contributed by atoms with Gasteiger partial charge >= 0.3 is 12.1 Å². The molecule has 0 bridgehead atoms. The lowest BCUT2D eigenvalue weighted by molar-refractivity contribution is -0.192. The van der Waals surface area contributed by atoms with Crippen LogP contribution in [0, 0.1) is 11.8 Å². The number of hydrogen-bond donors (Lipinski definition) is 1. The highest BCUT2D eigenvalue weighted by molar-refractivity contribution is 7.92. The maximum absolute atomic E-state index is 13.0. The number of nitrogens with zero attached hydrogens (tertiary/aromatic N) is 2. The normalized spacial score (nSPS) is 26.9. The van der Waals surface area contributed by atoms with Gasteiger partial charge < -0.3 is 14.9 Å². The highest BCUT2D eigenvalue weighted by Gasteiger charge is 2.51. The molecule has 0 unspecified atom stereocenters. The molecule has 3 fully saturated rings. The second-order valence-electron chi connectivity index (χ2n) is 8.79. The number of rotatable bonds is 4. The van der Waals surface area contributed by atoms with Crippen LogP contribution in [0.2, 0.25) is 0 Å². The molecule has 1 amide bonds. The number of fused-ring (bicyclic) bond motifs is 1. The van der Waals surface area contributed by atoms with Crippen LogP contribution in [0.15, 0.2) is 30.3 Å². The third-order valence-corrected chi connectivity index (χ3v) is 8.84. The number of halogens is 3. The quantitative estimate of drug-likeness (QED) is 0.696. The molecule has 33 heavy (non-hydrogen) atoms. The van der Waals surface area contributed by atoms with Crippen LogP contribution in [0.5, 0.6) is 0 Å². The molecule has 3 heterocycles. The van der Waals surface area contributed by atoms with E-state index in [2.05, 4.69) is 17.0 Å². The second-order valence-corrected chi connectivity index (χ2v) is 11.1. The van der Waals surface area contributed by atoms with Crippen molar-refractivity contribution in [1.29, 1.82) is 0 Å².